The van der Waals surface area contributed by atoms with E-state index in [2.05, 4.69) is 6.07 Å². The van der Waals surface area contributed by atoms with Crippen LogP contribution in [0, 0.1) is 29.9 Å². The van der Waals surface area contributed by atoms with E-state index >= 15 is 8.78 Å². The Hall–Kier alpha value is -3.66. The minimum absolute atomic E-state index is 0.0563. The third kappa shape index (κ3) is 6.95. The van der Waals surface area contributed by atoms with Crippen molar-refractivity contribution in [2.24, 2.45) is 0 Å². The van der Waals surface area contributed by atoms with Gasteiger partial charge in [0.15, 0.2) is 0 Å². The van der Waals surface area contributed by atoms with Crippen molar-refractivity contribution in [3.63, 3.8) is 0 Å². The van der Waals surface area contributed by atoms with Gasteiger partial charge >= 0.3 is 18.1 Å². The van der Waals surface area contributed by atoms with Crippen molar-refractivity contribution in [2.45, 2.75) is 49.7 Å². The van der Waals surface area contributed by atoms with Crippen LogP contribution in [0.15, 0.2) is 52.9 Å². The zero-order chi connectivity index (χ0) is 32.5. The quantitative estimate of drug-likeness (QED) is 0.275. The summed E-state index contributed by atoms with van der Waals surface area (Å²) in [7, 11) is 0. The Labute approximate surface area is 253 Å². The first kappa shape index (κ1) is 33.8. The Bertz CT molecular complexity index is 1570. The molecule has 1 saturated heterocycles. The van der Waals surface area contributed by atoms with Gasteiger partial charge in [0.05, 0.1) is 11.1 Å². The number of likely N-dealkylation sites (tertiary alicyclic amines) is 1. The van der Waals surface area contributed by atoms with Crippen LogP contribution in [0.2, 0.25) is 10.0 Å². The van der Waals surface area contributed by atoms with Gasteiger partial charge in [-0.3, -0.25) is 9.69 Å². The predicted molar refractivity (Wildman–Crippen MR) is 146 cm³/mol. The number of alkyl halides is 3. The summed E-state index contributed by atoms with van der Waals surface area (Å²) in [5.74, 6) is -5.59. The van der Waals surface area contributed by atoms with E-state index in [1.54, 1.807) is 11.8 Å². The molecule has 1 aliphatic heterocycles. The molecule has 3 aromatic rings. The van der Waals surface area contributed by atoms with Crippen molar-refractivity contribution >= 4 is 35.1 Å². The van der Waals surface area contributed by atoms with E-state index in [0.29, 0.717) is 11.5 Å². The van der Waals surface area contributed by atoms with Gasteiger partial charge in [-0.15, -0.1) is 0 Å². The highest BCUT2D eigenvalue weighted by Crippen LogP contribution is 2.51. The highest BCUT2D eigenvalue weighted by molar-refractivity contribution is 6.31. The maximum Gasteiger partial charge on any atom is 0.490 e. The number of aryl methyl sites for hydroxylation is 1. The molecular formula is C29H25Cl2F5N2O5. The van der Waals surface area contributed by atoms with Gasteiger partial charge < -0.3 is 14.6 Å². The number of nitrogens with zero attached hydrogens (tertiary/aromatic N) is 2. The normalized spacial score (nSPS) is 20.7. The first-order chi connectivity index (χ1) is 19.9. The lowest BCUT2D eigenvalue weighted by molar-refractivity contribution is -0.192. The van der Waals surface area contributed by atoms with Crippen LogP contribution in [0.4, 0.5) is 22.0 Å². The summed E-state index contributed by atoms with van der Waals surface area (Å²) in [4.78, 5) is 23.2. The fourth-order valence-electron chi connectivity index (χ4n) is 5.30. The summed E-state index contributed by atoms with van der Waals surface area (Å²) in [6, 6.07) is 12.5. The molecule has 1 aliphatic rings. The summed E-state index contributed by atoms with van der Waals surface area (Å²) in [6.45, 7) is 5.55. The summed E-state index contributed by atoms with van der Waals surface area (Å²) in [6.07, 6.45) is -5.08. The van der Waals surface area contributed by atoms with Crippen LogP contribution in [-0.4, -0.2) is 52.4 Å². The van der Waals surface area contributed by atoms with Crippen LogP contribution in [-0.2, 0) is 20.4 Å². The van der Waals surface area contributed by atoms with Gasteiger partial charge in [0.25, 0.3) is 0 Å². The number of hydrogen-bond donors (Lipinski definition) is 2. The summed E-state index contributed by atoms with van der Waals surface area (Å²) >= 11 is 12.0. The van der Waals surface area contributed by atoms with E-state index in [4.69, 9.17) is 37.5 Å². The first-order valence-corrected chi connectivity index (χ1v) is 13.3. The molecule has 0 aliphatic carbocycles. The topological polar surface area (TPSA) is 115 Å². The molecule has 2 aromatic carbocycles. The molecule has 2 N–H and O–H groups in total. The SMILES string of the molecule is Cc1ccc(C(C)(C)CN2C[C@](C#N)(c3ccc(Cl)cc3F)[C@@H](c3cccc(Cl)c3F)[C@@H]2C(=O)O)o1.O=C(O)C(F)(F)F. The largest absolute Gasteiger partial charge is 0.490 e. The maximum atomic E-state index is 15.4. The van der Waals surface area contributed by atoms with E-state index in [1.165, 1.54) is 30.3 Å². The molecule has 0 amide bonds. The number of furan rings is 1. The molecule has 43 heavy (non-hydrogen) atoms. The van der Waals surface area contributed by atoms with Gasteiger partial charge in [-0.25, -0.2) is 13.6 Å². The molecule has 0 unspecified atom stereocenters. The Balaban J connectivity index is 0.000000646. The van der Waals surface area contributed by atoms with Crippen LogP contribution in [0.5, 0.6) is 0 Å². The fraction of sp³-hybridized carbons (Fsp3) is 0.345. The molecule has 0 bridgehead atoms. The predicted octanol–water partition coefficient (Wildman–Crippen LogP) is 7.10. The Morgan fingerprint density at radius 1 is 1.12 bits per heavy atom. The lowest BCUT2D eigenvalue weighted by Gasteiger charge is -2.32. The van der Waals surface area contributed by atoms with Crippen LogP contribution in [0.3, 0.4) is 0 Å². The highest BCUT2D eigenvalue weighted by Gasteiger charge is 2.59. The number of carboxylic acids is 2. The van der Waals surface area contributed by atoms with Crippen LogP contribution < -0.4 is 0 Å². The van der Waals surface area contributed by atoms with Crippen molar-refractivity contribution in [3.8, 4) is 6.07 Å². The zero-order valence-corrected chi connectivity index (χ0v) is 24.4. The molecule has 1 fully saturated rings. The van der Waals surface area contributed by atoms with Gasteiger partial charge in [-0.1, -0.05) is 55.2 Å². The molecular weight excluding hydrogens is 622 g/mol. The zero-order valence-electron chi connectivity index (χ0n) is 22.8. The number of halogens is 7. The fourth-order valence-corrected chi connectivity index (χ4v) is 5.64. The van der Waals surface area contributed by atoms with Crippen LogP contribution in [0.1, 0.15) is 42.4 Å². The average molecular weight is 647 g/mol. The lowest BCUT2D eigenvalue weighted by atomic mass is 9.68. The molecule has 0 saturated carbocycles. The van der Waals surface area contributed by atoms with E-state index < -0.39 is 52.5 Å². The lowest BCUT2D eigenvalue weighted by Crippen LogP contribution is -2.45. The summed E-state index contributed by atoms with van der Waals surface area (Å²) in [5, 5.41) is 28.0. The Kier molecular flexibility index (Phi) is 9.85. The minimum atomic E-state index is -5.08. The third-order valence-electron chi connectivity index (χ3n) is 7.12. The van der Waals surface area contributed by atoms with Crippen molar-refractivity contribution in [3.05, 3.63) is 92.9 Å². The number of nitriles is 1. The standard InChI is InChI=1S/C27H24Cl2F2N2O3.C2HF3O2/c1-15-7-10-21(36-15)26(2,3)13-33-14-27(12-32,18-9-8-16(28)11-20(18)30)22(24(33)25(34)35)17-5-4-6-19(29)23(17)31;3-2(4,5)1(6)7/h4-11,22,24H,13-14H2,1-3H3,(H,34,35);(H,6,7)/t22-,24+,27+;/m0./s1. The Morgan fingerprint density at radius 2 is 1.74 bits per heavy atom. The van der Waals surface area contributed by atoms with Gasteiger partial charge in [0.2, 0.25) is 0 Å². The highest BCUT2D eigenvalue weighted by atomic mass is 35.5. The van der Waals surface area contributed by atoms with E-state index in [1.807, 2.05) is 26.0 Å². The molecule has 0 radical (unpaired) electrons. The monoisotopic (exact) mass is 646 g/mol. The number of aliphatic carboxylic acids is 2. The van der Waals surface area contributed by atoms with Gasteiger partial charge in [-0.2, -0.15) is 18.4 Å². The molecule has 1 aromatic heterocycles. The van der Waals surface area contributed by atoms with E-state index in [9.17, 15) is 28.3 Å². The molecule has 7 nitrogen and oxygen atoms in total. The molecule has 14 heteroatoms. The van der Waals surface area contributed by atoms with Crippen LogP contribution in [0.25, 0.3) is 0 Å². The molecule has 0 spiro atoms. The molecule has 230 valence electrons. The Morgan fingerprint density at radius 3 is 2.23 bits per heavy atom. The smallest absolute Gasteiger partial charge is 0.480 e. The van der Waals surface area contributed by atoms with Crippen molar-refractivity contribution < 1.29 is 46.2 Å². The number of carboxylic acid groups (broad SMARTS) is 2. The minimum Gasteiger partial charge on any atom is -0.480 e. The van der Waals surface area contributed by atoms with E-state index in [0.717, 1.165) is 6.07 Å². The van der Waals surface area contributed by atoms with E-state index in [-0.39, 0.29) is 34.3 Å². The van der Waals surface area contributed by atoms with Gasteiger partial charge in [0, 0.05) is 35.0 Å². The molecule has 2 heterocycles. The average Bonchev–Trinajstić information content (AvgIpc) is 3.47. The second-order valence-electron chi connectivity index (χ2n) is 10.6. The third-order valence-corrected chi connectivity index (χ3v) is 7.65. The van der Waals surface area contributed by atoms with Gasteiger partial charge in [0.1, 0.15) is 34.6 Å². The number of benzene rings is 2. The van der Waals surface area contributed by atoms with Crippen molar-refractivity contribution in [1.82, 2.24) is 4.90 Å². The second-order valence-corrected chi connectivity index (χ2v) is 11.5. The van der Waals surface area contributed by atoms with Crippen molar-refractivity contribution in [1.29, 1.82) is 5.26 Å². The number of rotatable bonds is 6. The van der Waals surface area contributed by atoms with Gasteiger partial charge in [-0.05, 0) is 42.8 Å². The molecule has 3 atom stereocenters. The van der Waals surface area contributed by atoms with Crippen LogP contribution >= 0.6 is 23.2 Å². The number of hydrogen-bond acceptors (Lipinski definition) is 5. The number of carbonyl (C=O) groups is 2. The summed E-state index contributed by atoms with van der Waals surface area (Å²) < 4.78 is 68.3. The molecule has 4 rings (SSSR count). The first-order valence-electron chi connectivity index (χ1n) is 12.5. The maximum absolute atomic E-state index is 15.4. The van der Waals surface area contributed by atoms with Crippen molar-refractivity contribution in [2.75, 3.05) is 13.1 Å². The second kappa shape index (κ2) is 12.5. The summed E-state index contributed by atoms with van der Waals surface area (Å²) in [5.41, 5.74) is -2.55.